The van der Waals surface area contributed by atoms with Crippen LogP contribution < -0.4 is 0 Å². The molecule has 0 aliphatic carbocycles. The molecule has 0 spiro atoms. The molecule has 1 aromatic rings. The van der Waals surface area contributed by atoms with Gasteiger partial charge in [0.1, 0.15) is 0 Å². The summed E-state index contributed by atoms with van der Waals surface area (Å²) < 4.78 is 22.1. The molecule has 0 saturated heterocycles. The highest BCUT2D eigenvalue weighted by molar-refractivity contribution is 7.56. The van der Waals surface area contributed by atoms with E-state index in [0.29, 0.717) is 0 Å². The predicted octanol–water partition coefficient (Wildman–Crippen LogP) is 0.187. The molecule has 9 heteroatoms. The lowest BCUT2D eigenvalue weighted by Gasteiger charge is -2.29. The predicted molar refractivity (Wildman–Crippen MR) is 59.3 cm³/mol. The third-order valence-electron chi connectivity index (χ3n) is 2.14. The summed E-state index contributed by atoms with van der Waals surface area (Å²) in [4.78, 5) is 35.7. The van der Waals surface area contributed by atoms with Crippen molar-refractivity contribution in [2.45, 2.75) is 5.34 Å². The van der Waals surface area contributed by atoms with E-state index in [9.17, 15) is 14.2 Å². The Morgan fingerprint density at radius 2 is 1.47 bits per heavy atom. The Bertz CT molecular complexity index is 476. The normalized spacial score (nSPS) is 16.5. The molecule has 0 fully saturated rings. The molecule has 0 aromatic heterocycles. The molecule has 1 unspecified atom stereocenters. The van der Waals surface area contributed by atoms with E-state index in [1.165, 1.54) is 24.3 Å². The fraction of sp³-hybridized carbons (Fsp3) is 0.250. The number of benzene rings is 1. The van der Waals surface area contributed by atoms with Gasteiger partial charge in [-0.3, -0.25) is 9.13 Å². The van der Waals surface area contributed by atoms with Gasteiger partial charge >= 0.3 is 15.2 Å². The molecule has 0 radical (unpaired) electrons. The third-order valence-corrected chi connectivity index (χ3v) is 4.64. The quantitative estimate of drug-likeness (QED) is 0.497. The van der Waals surface area contributed by atoms with Gasteiger partial charge in [-0.1, -0.05) is 30.3 Å². The van der Waals surface area contributed by atoms with Gasteiger partial charge in [-0.15, -0.1) is 0 Å². The van der Waals surface area contributed by atoms with Crippen LogP contribution >= 0.6 is 15.2 Å². The van der Waals surface area contributed by atoms with Crippen LogP contribution in [-0.2, 0) is 14.5 Å². The smallest absolute Gasteiger partial charge is 0.362 e. The first kappa shape index (κ1) is 14.5. The minimum Gasteiger partial charge on any atom is -0.373 e. The summed E-state index contributed by atoms with van der Waals surface area (Å²) in [5.41, 5.74) is -0.239. The average Bonchev–Trinajstić information content (AvgIpc) is 2.14. The minimum absolute atomic E-state index is 0.239. The molecule has 0 aliphatic rings. The number of aliphatic hydroxyl groups is 1. The molecule has 1 atom stereocenters. The Kier molecular flexibility index (Phi) is 3.96. The van der Waals surface area contributed by atoms with Gasteiger partial charge < -0.3 is 24.7 Å². The molecular weight excluding hydrogens is 270 g/mol. The average molecular weight is 282 g/mol. The van der Waals surface area contributed by atoms with E-state index < -0.39 is 26.7 Å². The number of hydrogen-bond donors (Lipinski definition) is 5. The zero-order chi connectivity index (χ0) is 13.3. The van der Waals surface area contributed by atoms with Gasteiger partial charge in [0.15, 0.2) is 0 Å². The van der Waals surface area contributed by atoms with Crippen LogP contribution in [0.15, 0.2) is 30.3 Å². The van der Waals surface area contributed by atoms with Crippen LogP contribution in [0, 0.1) is 0 Å². The molecule has 96 valence electrons. The van der Waals surface area contributed by atoms with E-state index in [2.05, 4.69) is 0 Å². The molecule has 0 amide bonds. The standard InChI is InChI=1S/C8H12O7P2/c9-8(17(13,14)15,6-16(10,11)12)7-4-2-1-3-5-7/h1-5,9H,6H2,(H2,10,11,12)(H2,13,14,15). The van der Waals surface area contributed by atoms with Crippen LogP contribution in [0.5, 0.6) is 0 Å². The van der Waals surface area contributed by atoms with E-state index in [1.54, 1.807) is 6.07 Å². The Morgan fingerprint density at radius 3 is 1.82 bits per heavy atom. The molecule has 0 heterocycles. The third kappa shape index (κ3) is 3.47. The van der Waals surface area contributed by atoms with E-state index >= 15 is 0 Å². The van der Waals surface area contributed by atoms with Gasteiger partial charge in [0.25, 0.3) is 0 Å². The number of rotatable bonds is 4. The van der Waals surface area contributed by atoms with Crippen LogP contribution in [0.4, 0.5) is 0 Å². The van der Waals surface area contributed by atoms with Gasteiger partial charge in [-0.05, 0) is 5.56 Å². The summed E-state index contributed by atoms with van der Waals surface area (Å²) in [7, 11) is -9.93. The fourth-order valence-corrected chi connectivity index (χ4v) is 3.88. The van der Waals surface area contributed by atoms with Crippen molar-refractivity contribution in [2.75, 3.05) is 6.16 Å². The zero-order valence-electron chi connectivity index (χ0n) is 8.54. The van der Waals surface area contributed by atoms with Crippen LogP contribution in [0.2, 0.25) is 0 Å². The maximum atomic E-state index is 11.2. The lowest BCUT2D eigenvalue weighted by Crippen LogP contribution is -2.30. The van der Waals surface area contributed by atoms with Crippen LogP contribution in [-0.4, -0.2) is 30.8 Å². The Hall–Kier alpha value is -0.520. The van der Waals surface area contributed by atoms with Crippen molar-refractivity contribution in [1.82, 2.24) is 0 Å². The van der Waals surface area contributed by atoms with E-state index in [4.69, 9.17) is 19.6 Å². The van der Waals surface area contributed by atoms with Crippen LogP contribution in [0.25, 0.3) is 0 Å². The Labute approximate surface area is 97.1 Å². The highest BCUT2D eigenvalue weighted by atomic mass is 31.2. The first-order valence-corrected chi connectivity index (χ1v) is 7.85. The molecule has 1 aromatic carbocycles. The first-order chi connectivity index (χ1) is 7.56. The van der Waals surface area contributed by atoms with E-state index in [-0.39, 0.29) is 5.56 Å². The second kappa shape index (κ2) is 4.63. The van der Waals surface area contributed by atoms with Crippen molar-refractivity contribution in [1.29, 1.82) is 0 Å². The van der Waals surface area contributed by atoms with E-state index in [0.717, 1.165) is 0 Å². The maximum absolute atomic E-state index is 11.2. The Balaban J connectivity index is 3.32. The zero-order valence-corrected chi connectivity index (χ0v) is 10.3. The first-order valence-electron chi connectivity index (χ1n) is 4.44. The molecule has 0 aliphatic heterocycles. The second-order valence-electron chi connectivity index (χ2n) is 3.55. The second-order valence-corrected chi connectivity index (χ2v) is 7.02. The monoisotopic (exact) mass is 282 g/mol. The van der Waals surface area contributed by atoms with Crippen molar-refractivity contribution in [3.63, 3.8) is 0 Å². The van der Waals surface area contributed by atoms with Crippen LogP contribution in [0.1, 0.15) is 5.56 Å². The highest BCUT2D eigenvalue weighted by Crippen LogP contribution is 2.60. The summed E-state index contributed by atoms with van der Waals surface area (Å²) in [5.74, 6) is 0. The van der Waals surface area contributed by atoms with Gasteiger partial charge in [0, 0.05) is 0 Å². The molecule has 0 saturated carbocycles. The Morgan fingerprint density at radius 1 is 1.00 bits per heavy atom. The minimum atomic E-state index is -5.14. The van der Waals surface area contributed by atoms with Crippen molar-refractivity contribution >= 4 is 15.2 Å². The lowest BCUT2D eigenvalue weighted by atomic mass is 10.1. The highest BCUT2D eigenvalue weighted by Gasteiger charge is 2.50. The van der Waals surface area contributed by atoms with Gasteiger partial charge in [-0.25, -0.2) is 0 Å². The number of hydrogen-bond acceptors (Lipinski definition) is 3. The van der Waals surface area contributed by atoms with Crippen molar-refractivity contribution < 1.29 is 33.8 Å². The van der Waals surface area contributed by atoms with Crippen molar-refractivity contribution in [3.8, 4) is 0 Å². The molecule has 5 N–H and O–H groups in total. The van der Waals surface area contributed by atoms with Gasteiger partial charge in [0.05, 0.1) is 6.16 Å². The maximum Gasteiger partial charge on any atom is 0.362 e. The molecule has 1 rings (SSSR count). The summed E-state index contributed by atoms with van der Waals surface area (Å²) in [5, 5.41) is 7.02. The molecule has 17 heavy (non-hydrogen) atoms. The van der Waals surface area contributed by atoms with E-state index in [1.807, 2.05) is 0 Å². The topological polar surface area (TPSA) is 135 Å². The van der Waals surface area contributed by atoms with Crippen molar-refractivity contribution in [3.05, 3.63) is 35.9 Å². The molecule has 0 bridgehead atoms. The molecule has 7 nitrogen and oxygen atoms in total. The lowest BCUT2D eigenvalue weighted by molar-refractivity contribution is 0.105. The fourth-order valence-electron chi connectivity index (χ4n) is 1.34. The molecular formula is C8H12O7P2. The summed E-state index contributed by atoms with van der Waals surface area (Å²) in [6.07, 6.45) is -1.34. The van der Waals surface area contributed by atoms with Crippen molar-refractivity contribution in [2.24, 2.45) is 0 Å². The van der Waals surface area contributed by atoms with Gasteiger partial charge in [0.2, 0.25) is 5.34 Å². The SMILES string of the molecule is O=P(O)(O)CC(O)(c1ccccc1)P(=O)(O)O. The van der Waals surface area contributed by atoms with Gasteiger partial charge in [-0.2, -0.15) is 0 Å². The summed E-state index contributed by atoms with van der Waals surface area (Å²) in [6, 6.07) is 6.72. The summed E-state index contributed by atoms with van der Waals surface area (Å²) >= 11 is 0. The van der Waals surface area contributed by atoms with Crippen LogP contribution in [0.3, 0.4) is 0 Å². The summed E-state index contributed by atoms with van der Waals surface area (Å²) in [6.45, 7) is 0. The largest absolute Gasteiger partial charge is 0.373 e.